The molecule has 1 atom stereocenters. The zero-order chi connectivity index (χ0) is 13.7. The van der Waals surface area contributed by atoms with Crippen LogP contribution in [0.25, 0.3) is 6.08 Å². The van der Waals surface area contributed by atoms with E-state index in [1.165, 1.54) is 0 Å². The minimum Gasteiger partial charge on any atom is -0.346 e. The van der Waals surface area contributed by atoms with Crippen LogP contribution in [0.3, 0.4) is 0 Å². The van der Waals surface area contributed by atoms with Gasteiger partial charge >= 0.3 is 0 Å². The summed E-state index contributed by atoms with van der Waals surface area (Å²) in [6, 6.07) is 13.9. The minimum atomic E-state index is -0.0825. The first kappa shape index (κ1) is 14.0. The number of benzene rings is 1. The molecule has 1 aromatic heterocycles. The fourth-order valence-corrected chi connectivity index (χ4v) is 2.99. The summed E-state index contributed by atoms with van der Waals surface area (Å²) in [6.07, 6.45) is 3.39. The van der Waals surface area contributed by atoms with E-state index in [1.54, 1.807) is 17.4 Å². The van der Waals surface area contributed by atoms with E-state index in [0.717, 1.165) is 14.2 Å². The van der Waals surface area contributed by atoms with Crippen LogP contribution in [0.5, 0.6) is 0 Å². The number of carbonyl (C=O) groups is 1. The number of hydrogen-bond donors (Lipinski definition) is 1. The lowest BCUT2D eigenvalue weighted by molar-refractivity contribution is -0.117. The topological polar surface area (TPSA) is 29.1 Å². The summed E-state index contributed by atoms with van der Waals surface area (Å²) in [4.78, 5) is 12.9. The van der Waals surface area contributed by atoms with Crippen molar-refractivity contribution in [1.29, 1.82) is 0 Å². The van der Waals surface area contributed by atoms with Crippen molar-refractivity contribution >= 4 is 39.2 Å². The number of halogens is 1. The summed E-state index contributed by atoms with van der Waals surface area (Å²) in [7, 11) is 0. The minimum absolute atomic E-state index is 0.00780. The molecule has 0 spiro atoms. The van der Waals surface area contributed by atoms with Crippen LogP contribution in [0.1, 0.15) is 23.4 Å². The lowest BCUT2D eigenvalue weighted by Gasteiger charge is -2.12. The predicted octanol–water partition coefficient (Wildman–Crippen LogP) is 4.40. The van der Waals surface area contributed by atoms with Crippen LogP contribution < -0.4 is 5.32 Å². The molecule has 1 N–H and O–H groups in total. The summed E-state index contributed by atoms with van der Waals surface area (Å²) in [6.45, 7) is 1.98. The van der Waals surface area contributed by atoms with Gasteiger partial charge in [-0.15, -0.1) is 11.3 Å². The normalized spacial score (nSPS) is 12.5. The van der Waals surface area contributed by atoms with Gasteiger partial charge in [-0.1, -0.05) is 30.3 Å². The van der Waals surface area contributed by atoms with E-state index in [2.05, 4.69) is 21.2 Å². The van der Waals surface area contributed by atoms with Crippen molar-refractivity contribution in [2.45, 2.75) is 13.0 Å². The van der Waals surface area contributed by atoms with Crippen LogP contribution >= 0.6 is 27.3 Å². The molecule has 1 heterocycles. The highest BCUT2D eigenvalue weighted by Gasteiger charge is 2.06. The monoisotopic (exact) mass is 335 g/mol. The van der Waals surface area contributed by atoms with Crippen LogP contribution in [0.4, 0.5) is 0 Å². The van der Waals surface area contributed by atoms with Crippen molar-refractivity contribution in [2.75, 3.05) is 0 Å². The highest BCUT2D eigenvalue weighted by atomic mass is 79.9. The fraction of sp³-hybridized carbons (Fsp3) is 0.133. The van der Waals surface area contributed by atoms with Crippen LogP contribution in [0.2, 0.25) is 0 Å². The molecular weight excluding hydrogens is 322 g/mol. The van der Waals surface area contributed by atoms with E-state index in [0.29, 0.717) is 0 Å². The van der Waals surface area contributed by atoms with Gasteiger partial charge in [-0.05, 0) is 46.6 Å². The molecular formula is C15H14BrNOS. The first-order valence-electron chi connectivity index (χ1n) is 5.94. The quantitative estimate of drug-likeness (QED) is 0.824. The number of hydrogen-bond acceptors (Lipinski definition) is 2. The molecule has 1 amide bonds. The molecule has 0 radical (unpaired) electrons. The Balaban J connectivity index is 1.93. The van der Waals surface area contributed by atoms with Gasteiger partial charge in [0.25, 0.3) is 0 Å². The van der Waals surface area contributed by atoms with Gasteiger partial charge < -0.3 is 5.32 Å². The Bertz CT molecular complexity index is 577. The number of carbonyl (C=O) groups excluding carboxylic acids is 1. The summed E-state index contributed by atoms with van der Waals surface area (Å²) >= 11 is 4.99. The number of thiophene rings is 1. The Kier molecular flexibility index (Phi) is 4.93. The highest BCUT2D eigenvalue weighted by molar-refractivity contribution is 9.11. The highest BCUT2D eigenvalue weighted by Crippen LogP contribution is 2.23. The van der Waals surface area contributed by atoms with Crippen molar-refractivity contribution in [1.82, 2.24) is 5.32 Å². The van der Waals surface area contributed by atoms with E-state index < -0.39 is 0 Å². The Hall–Kier alpha value is -1.39. The van der Waals surface area contributed by atoms with E-state index in [1.807, 2.05) is 55.5 Å². The second-order valence-corrected chi connectivity index (χ2v) is 6.61. The first-order valence-corrected chi connectivity index (χ1v) is 7.55. The Morgan fingerprint density at radius 1 is 1.26 bits per heavy atom. The largest absolute Gasteiger partial charge is 0.346 e. The molecule has 2 rings (SSSR count). The maximum atomic E-state index is 11.8. The van der Waals surface area contributed by atoms with Gasteiger partial charge in [0.15, 0.2) is 0 Å². The van der Waals surface area contributed by atoms with E-state index >= 15 is 0 Å². The van der Waals surface area contributed by atoms with Crippen LogP contribution in [0, 0.1) is 0 Å². The van der Waals surface area contributed by atoms with Crippen LogP contribution in [-0.4, -0.2) is 5.91 Å². The number of nitrogens with one attached hydrogen (secondary N) is 1. The van der Waals surface area contributed by atoms with Crippen LogP contribution in [0.15, 0.2) is 52.3 Å². The van der Waals surface area contributed by atoms with Gasteiger partial charge in [0.05, 0.1) is 9.83 Å². The van der Waals surface area contributed by atoms with E-state index in [9.17, 15) is 4.79 Å². The van der Waals surface area contributed by atoms with Gasteiger partial charge in [0.1, 0.15) is 0 Å². The molecule has 0 aliphatic carbocycles. The summed E-state index contributed by atoms with van der Waals surface area (Å²) in [5.41, 5.74) is 1.10. The van der Waals surface area contributed by atoms with Crippen LogP contribution in [-0.2, 0) is 4.79 Å². The Morgan fingerprint density at radius 3 is 2.63 bits per heavy atom. The summed E-state index contributed by atoms with van der Waals surface area (Å²) in [5.74, 6) is -0.0825. The third kappa shape index (κ3) is 4.33. The average molecular weight is 336 g/mol. The Morgan fingerprint density at radius 2 is 2.00 bits per heavy atom. The Labute approximate surface area is 125 Å². The molecule has 0 aliphatic rings. The smallest absolute Gasteiger partial charge is 0.244 e. The second kappa shape index (κ2) is 6.68. The van der Waals surface area contributed by atoms with Crippen molar-refractivity contribution in [3.63, 3.8) is 0 Å². The predicted molar refractivity (Wildman–Crippen MR) is 84.1 cm³/mol. The lowest BCUT2D eigenvalue weighted by Crippen LogP contribution is -2.24. The number of amides is 1. The third-order valence-electron chi connectivity index (χ3n) is 2.65. The SMILES string of the molecule is C[C@H](NC(=O)/C=C/c1ccc(Br)s1)c1ccccc1. The fourth-order valence-electron chi connectivity index (χ4n) is 1.66. The molecule has 0 saturated heterocycles. The standard InChI is InChI=1S/C15H14BrNOS/c1-11(12-5-3-2-4-6-12)17-15(18)10-8-13-7-9-14(16)19-13/h2-11H,1H3,(H,17,18)/b10-8+/t11-/m0/s1. The molecule has 0 fully saturated rings. The maximum absolute atomic E-state index is 11.8. The van der Waals surface area contributed by atoms with E-state index in [-0.39, 0.29) is 11.9 Å². The summed E-state index contributed by atoms with van der Waals surface area (Å²) in [5, 5.41) is 2.94. The van der Waals surface area contributed by atoms with Crippen molar-refractivity contribution < 1.29 is 4.79 Å². The zero-order valence-electron chi connectivity index (χ0n) is 10.5. The van der Waals surface area contributed by atoms with Crippen molar-refractivity contribution in [3.8, 4) is 0 Å². The first-order chi connectivity index (χ1) is 9.15. The molecule has 0 saturated carbocycles. The number of rotatable bonds is 4. The maximum Gasteiger partial charge on any atom is 0.244 e. The molecule has 4 heteroatoms. The molecule has 2 nitrogen and oxygen atoms in total. The molecule has 19 heavy (non-hydrogen) atoms. The molecule has 98 valence electrons. The second-order valence-electron chi connectivity index (χ2n) is 4.12. The van der Waals surface area contributed by atoms with Crippen molar-refractivity contribution in [2.24, 2.45) is 0 Å². The molecule has 0 aliphatic heterocycles. The van der Waals surface area contributed by atoms with Gasteiger partial charge in [0, 0.05) is 11.0 Å². The zero-order valence-corrected chi connectivity index (χ0v) is 12.9. The van der Waals surface area contributed by atoms with Gasteiger partial charge in [-0.2, -0.15) is 0 Å². The third-order valence-corrected chi connectivity index (χ3v) is 4.24. The molecule has 0 unspecified atom stereocenters. The van der Waals surface area contributed by atoms with Gasteiger partial charge in [0.2, 0.25) is 5.91 Å². The average Bonchev–Trinajstić information content (AvgIpc) is 2.83. The van der Waals surface area contributed by atoms with Gasteiger partial charge in [-0.25, -0.2) is 0 Å². The lowest BCUT2D eigenvalue weighted by atomic mass is 10.1. The van der Waals surface area contributed by atoms with Crippen molar-refractivity contribution in [3.05, 3.63) is 62.8 Å². The summed E-state index contributed by atoms with van der Waals surface area (Å²) < 4.78 is 1.06. The molecule has 1 aromatic carbocycles. The van der Waals surface area contributed by atoms with Gasteiger partial charge in [-0.3, -0.25) is 4.79 Å². The molecule has 2 aromatic rings. The molecule has 0 bridgehead atoms. The van der Waals surface area contributed by atoms with E-state index in [4.69, 9.17) is 0 Å².